The first-order chi connectivity index (χ1) is 13.2. The number of aromatic nitrogens is 2. The Labute approximate surface area is 159 Å². The molecule has 0 radical (unpaired) electrons. The van der Waals surface area contributed by atoms with Crippen LogP contribution in [0.2, 0.25) is 0 Å². The fourth-order valence-electron chi connectivity index (χ4n) is 3.05. The zero-order valence-corrected chi connectivity index (χ0v) is 15.2. The Hall–Kier alpha value is -3.40. The minimum atomic E-state index is -4.83. The third kappa shape index (κ3) is 3.67. The van der Waals surface area contributed by atoms with Gasteiger partial charge >= 0.3 is 6.18 Å². The molecule has 2 heterocycles. The number of rotatable bonds is 3. The van der Waals surface area contributed by atoms with E-state index in [1.54, 1.807) is 12.1 Å². The summed E-state index contributed by atoms with van der Waals surface area (Å²) in [6.07, 6.45) is -3.39. The molecule has 0 unspecified atom stereocenters. The number of alkyl halides is 3. The van der Waals surface area contributed by atoms with Crippen molar-refractivity contribution in [2.45, 2.75) is 26.6 Å². The largest absolute Gasteiger partial charge is 0.417 e. The topological polar surface area (TPSA) is 58.7 Å². The number of pyridine rings is 2. The second-order valence-electron chi connectivity index (χ2n) is 6.46. The molecule has 0 saturated carbocycles. The van der Waals surface area contributed by atoms with Crippen molar-refractivity contribution >= 4 is 0 Å². The SMILES string of the molecule is Cc1ccc(Cn2c(-c3ccccn3)cc(C(F)(F)F)c(C#N)c2=O)c(C)c1. The summed E-state index contributed by atoms with van der Waals surface area (Å²) in [4.78, 5) is 17.0. The lowest BCUT2D eigenvalue weighted by Crippen LogP contribution is -2.29. The lowest BCUT2D eigenvalue weighted by molar-refractivity contribution is -0.137. The molecule has 3 rings (SSSR count). The summed E-state index contributed by atoms with van der Waals surface area (Å²) in [5.74, 6) is 0. The van der Waals surface area contributed by atoms with Gasteiger partial charge in [0, 0.05) is 6.20 Å². The number of halogens is 3. The van der Waals surface area contributed by atoms with Gasteiger partial charge in [-0.25, -0.2) is 0 Å². The number of aryl methyl sites for hydroxylation is 2. The Balaban J connectivity index is 2.31. The lowest BCUT2D eigenvalue weighted by atomic mass is 10.0. The first kappa shape index (κ1) is 19.4. The molecular formula is C21H16F3N3O. The molecule has 28 heavy (non-hydrogen) atoms. The van der Waals surface area contributed by atoms with Crippen LogP contribution in [0.25, 0.3) is 11.4 Å². The van der Waals surface area contributed by atoms with Gasteiger partial charge in [0.15, 0.2) is 0 Å². The van der Waals surface area contributed by atoms with Crippen molar-refractivity contribution in [1.82, 2.24) is 9.55 Å². The molecule has 0 atom stereocenters. The highest BCUT2D eigenvalue weighted by atomic mass is 19.4. The van der Waals surface area contributed by atoms with E-state index in [1.165, 1.54) is 22.9 Å². The second-order valence-corrected chi connectivity index (χ2v) is 6.46. The van der Waals surface area contributed by atoms with Crippen LogP contribution in [0.1, 0.15) is 27.8 Å². The van der Waals surface area contributed by atoms with E-state index in [1.807, 2.05) is 32.0 Å². The zero-order valence-electron chi connectivity index (χ0n) is 15.2. The van der Waals surface area contributed by atoms with Crippen LogP contribution in [0.3, 0.4) is 0 Å². The third-order valence-electron chi connectivity index (χ3n) is 4.47. The van der Waals surface area contributed by atoms with E-state index in [2.05, 4.69) is 4.98 Å². The van der Waals surface area contributed by atoms with Crippen molar-refractivity contribution < 1.29 is 13.2 Å². The smallest absolute Gasteiger partial charge is 0.301 e. The van der Waals surface area contributed by atoms with Gasteiger partial charge in [-0.05, 0) is 43.2 Å². The fourth-order valence-corrected chi connectivity index (χ4v) is 3.05. The summed E-state index contributed by atoms with van der Waals surface area (Å²) in [6.45, 7) is 3.82. The van der Waals surface area contributed by atoms with Crippen LogP contribution in [-0.4, -0.2) is 9.55 Å². The number of nitriles is 1. The standard InChI is InChI=1S/C21H16F3N3O/c1-13-6-7-15(14(2)9-13)12-27-19(18-5-3-4-8-26-18)10-17(21(22,23)24)16(11-25)20(27)28/h3-10H,12H2,1-2H3. The van der Waals surface area contributed by atoms with Gasteiger partial charge in [0.25, 0.3) is 5.56 Å². The van der Waals surface area contributed by atoms with E-state index < -0.39 is 22.9 Å². The van der Waals surface area contributed by atoms with E-state index in [4.69, 9.17) is 0 Å². The molecule has 0 spiro atoms. The van der Waals surface area contributed by atoms with E-state index in [9.17, 15) is 23.2 Å². The summed E-state index contributed by atoms with van der Waals surface area (Å²) < 4.78 is 41.6. The summed E-state index contributed by atoms with van der Waals surface area (Å²) in [6, 6.07) is 12.6. The molecule has 142 valence electrons. The summed E-state index contributed by atoms with van der Waals surface area (Å²) in [5.41, 5.74) is -0.224. The maximum absolute atomic E-state index is 13.5. The number of benzene rings is 1. The van der Waals surface area contributed by atoms with E-state index >= 15 is 0 Å². The van der Waals surface area contributed by atoms with Crippen molar-refractivity contribution in [3.8, 4) is 17.5 Å². The minimum Gasteiger partial charge on any atom is -0.301 e. The molecular weight excluding hydrogens is 367 g/mol. The van der Waals surface area contributed by atoms with Crippen molar-refractivity contribution in [2.24, 2.45) is 0 Å². The predicted octanol–water partition coefficient (Wildman–Crippen LogP) is 4.47. The highest BCUT2D eigenvalue weighted by Gasteiger charge is 2.36. The second kappa shape index (κ2) is 7.31. The Morgan fingerprint density at radius 2 is 1.89 bits per heavy atom. The van der Waals surface area contributed by atoms with Crippen LogP contribution in [-0.2, 0) is 12.7 Å². The molecule has 2 aromatic heterocycles. The zero-order chi connectivity index (χ0) is 20.5. The van der Waals surface area contributed by atoms with Gasteiger partial charge in [-0.15, -0.1) is 0 Å². The van der Waals surface area contributed by atoms with Crippen molar-refractivity contribution in [2.75, 3.05) is 0 Å². The van der Waals surface area contributed by atoms with E-state index in [0.29, 0.717) is 0 Å². The highest BCUT2D eigenvalue weighted by molar-refractivity contribution is 5.59. The highest BCUT2D eigenvalue weighted by Crippen LogP contribution is 2.33. The molecule has 0 aliphatic carbocycles. The molecule has 0 bridgehead atoms. The van der Waals surface area contributed by atoms with Gasteiger partial charge in [-0.1, -0.05) is 29.8 Å². The monoisotopic (exact) mass is 383 g/mol. The van der Waals surface area contributed by atoms with Crippen LogP contribution in [0.15, 0.2) is 53.5 Å². The lowest BCUT2D eigenvalue weighted by Gasteiger charge is -2.18. The average Bonchev–Trinajstić information content (AvgIpc) is 2.64. The summed E-state index contributed by atoms with van der Waals surface area (Å²) >= 11 is 0. The first-order valence-electron chi connectivity index (χ1n) is 8.45. The fraction of sp³-hybridized carbons (Fsp3) is 0.190. The van der Waals surface area contributed by atoms with Gasteiger partial charge in [0.1, 0.15) is 11.6 Å². The van der Waals surface area contributed by atoms with Crippen molar-refractivity contribution in [3.63, 3.8) is 0 Å². The normalized spacial score (nSPS) is 11.3. The van der Waals surface area contributed by atoms with Crippen LogP contribution in [0.5, 0.6) is 0 Å². The van der Waals surface area contributed by atoms with E-state index in [0.717, 1.165) is 22.8 Å². The molecule has 1 aromatic carbocycles. The number of nitrogens with zero attached hydrogens (tertiary/aromatic N) is 3. The van der Waals surface area contributed by atoms with Gasteiger partial charge in [0.2, 0.25) is 0 Å². The molecule has 3 aromatic rings. The summed E-state index contributed by atoms with van der Waals surface area (Å²) in [5, 5.41) is 9.23. The maximum atomic E-state index is 13.5. The number of hydrogen-bond acceptors (Lipinski definition) is 3. The van der Waals surface area contributed by atoms with Gasteiger partial charge in [0.05, 0.1) is 23.5 Å². The number of hydrogen-bond donors (Lipinski definition) is 0. The van der Waals surface area contributed by atoms with Gasteiger partial charge < -0.3 is 4.57 Å². The predicted molar refractivity (Wildman–Crippen MR) is 98.7 cm³/mol. The van der Waals surface area contributed by atoms with Crippen molar-refractivity contribution in [1.29, 1.82) is 5.26 Å². The molecule has 0 fully saturated rings. The molecule has 4 nitrogen and oxygen atoms in total. The third-order valence-corrected chi connectivity index (χ3v) is 4.47. The van der Waals surface area contributed by atoms with Crippen LogP contribution >= 0.6 is 0 Å². The Morgan fingerprint density at radius 1 is 1.14 bits per heavy atom. The molecule has 0 saturated heterocycles. The first-order valence-corrected chi connectivity index (χ1v) is 8.45. The van der Waals surface area contributed by atoms with Crippen LogP contribution < -0.4 is 5.56 Å². The summed E-state index contributed by atoms with van der Waals surface area (Å²) in [7, 11) is 0. The van der Waals surface area contributed by atoms with Crippen molar-refractivity contribution in [3.05, 3.63) is 86.8 Å². The molecule has 0 N–H and O–H groups in total. The molecule has 0 aliphatic heterocycles. The Bertz CT molecular complexity index is 1130. The molecule has 7 heteroatoms. The van der Waals surface area contributed by atoms with Crippen LogP contribution in [0.4, 0.5) is 13.2 Å². The van der Waals surface area contributed by atoms with E-state index in [-0.39, 0.29) is 17.9 Å². The minimum absolute atomic E-state index is 0.0110. The molecule has 0 amide bonds. The van der Waals surface area contributed by atoms with Gasteiger partial charge in [-0.2, -0.15) is 18.4 Å². The Kier molecular flexibility index (Phi) is 5.06. The van der Waals surface area contributed by atoms with Crippen LogP contribution in [0, 0.1) is 25.2 Å². The quantitative estimate of drug-likeness (QED) is 0.671. The maximum Gasteiger partial charge on any atom is 0.417 e. The molecule has 0 aliphatic rings. The average molecular weight is 383 g/mol. The van der Waals surface area contributed by atoms with Gasteiger partial charge in [-0.3, -0.25) is 9.78 Å². The Morgan fingerprint density at radius 3 is 2.46 bits per heavy atom.